The number of nitro groups is 1. The van der Waals surface area contributed by atoms with Crippen LogP contribution in [0.3, 0.4) is 0 Å². The summed E-state index contributed by atoms with van der Waals surface area (Å²) in [6.07, 6.45) is 0. The first-order chi connectivity index (χ1) is 9.51. The number of benzene rings is 2. The lowest BCUT2D eigenvalue weighted by molar-refractivity contribution is -0.385. The quantitative estimate of drug-likeness (QED) is 0.427. The summed E-state index contributed by atoms with van der Waals surface area (Å²) >= 11 is 9.33. The van der Waals surface area contributed by atoms with E-state index in [0.717, 1.165) is 5.56 Å². The van der Waals surface area contributed by atoms with Gasteiger partial charge in [0.1, 0.15) is 11.5 Å². The summed E-state index contributed by atoms with van der Waals surface area (Å²) in [7, 11) is 0. The molecule has 0 aromatic heterocycles. The molecular formula is C14H11BrClNO3. The largest absolute Gasteiger partial charge is 0.456 e. The fraction of sp³-hybridized carbons (Fsp3) is 0.143. The van der Waals surface area contributed by atoms with Crippen LogP contribution in [0, 0.1) is 17.0 Å². The zero-order chi connectivity index (χ0) is 14.7. The van der Waals surface area contributed by atoms with E-state index in [2.05, 4.69) is 15.9 Å². The number of hydrogen-bond donors (Lipinski definition) is 0. The molecule has 0 saturated heterocycles. The highest BCUT2D eigenvalue weighted by Gasteiger charge is 2.14. The molecule has 0 N–H and O–H groups in total. The zero-order valence-electron chi connectivity index (χ0n) is 10.6. The Bertz CT molecular complexity index is 661. The second kappa shape index (κ2) is 6.24. The highest BCUT2D eigenvalue weighted by atomic mass is 79.9. The lowest BCUT2D eigenvalue weighted by Gasteiger charge is -2.09. The molecule has 2 rings (SSSR count). The molecule has 0 heterocycles. The van der Waals surface area contributed by atoms with E-state index in [-0.39, 0.29) is 5.69 Å². The average Bonchev–Trinajstić information content (AvgIpc) is 2.41. The third kappa shape index (κ3) is 3.29. The summed E-state index contributed by atoms with van der Waals surface area (Å²) in [4.78, 5) is 10.4. The van der Waals surface area contributed by atoms with Crippen molar-refractivity contribution in [3.63, 3.8) is 0 Å². The van der Waals surface area contributed by atoms with Gasteiger partial charge in [0.25, 0.3) is 5.69 Å². The van der Waals surface area contributed by atoms with Crippen LogP contribution in [0.25, 0.3) is 0 Å². The van der Waals surface area contributed by atoms with Gasteiger partial charge >= 0.3 is 0 Å². The van der Waals surface area contributed by atoms with Gasteiger partial charge in [-0.25, -0.2) is 0 Å². The van der Waals surface area contributed by atoms with Crippen molar-refractivity contribution in [1.82, 2.24) is 0 Å². The minimum Gasteiger partial charge on any atom is -0.456 e. The molecule has 0 unspecified atom stereocenters. The predicted molar refractivity (Wildman–Crippen MR) is 82.0 cm³/mol. The molecule has 0 aliphatic carbocycles. The van der Waals surface area contributed by atoms with Crippen LogP contribution < -0.4 is 4.74 Å². The van der Waals surface area contributed by atoms with Gasteiger partial charge in [-0.3, -0.25) is 10.1 Å². The summed E-state index contributed by atoms with van der Waals surface area (Å²) in [6, 6.07) is 10.1. The third-order valence-corrected chi connectivity index (χ3v) is 3.61. The van der Waals surface area contributed by atoms with Crippen LogP contribution in [-0.2, 0) is 5.33 Å². The number of ether oxygens (including phenoxy) is 1. The highest BCUT2D eigenvalue weighted by Crippen LogP contribution is 2.32. The molecule has 0 atom stereocenters. The number of halogens is 2. The second-order valence-electron chi connectivity index (χ2n) is 4.22. The first-order valence-corrected chi connectivity index (χ1v) is 7.28. The molecule has 0 amide bonds. The fourth-order valence-electron chi connectivity index (χ4n) is 1.73. The fourth-order valence-corrected chi connectivity index (χ4v) is 2.45. The van der Waals surface area contributed by atoms with Gasteiger partial charge in [-0.2, -0.15) is 0 Å². The van der Waals surface area contributed by atoms with Gasteiger partial charge in [-0.05, 0) is 36.8 Å². The van der Waals surface area contributed by atoms with Crippen molar-refractivity contribution in [2.75, 3.05) is 0 Å². The van der Waals surface area contributed by atoms with Crippen LogP contribution in [0.5, 0.6) is 11.5 Å². The maximum Gasteiger partial charge on any atom is 0.273 e. The maximum atomic E-state index is 10.9. The van der Waals surface area contributed by atoms with E-state index in [9.17, 15) is 10.1 Å². The zero-order valence-corrected chi connectivity index (χ0v) is 12.9. The van der Waals surface area contributed by atoms with Crippen LogP contribution in [-0.4, -0.2) is 4.92 Å². The van der Waals surface area contributed by atoms with Crippen molar-refractivity contribution in [2.45, 2.75) is 12.3 Å². The number of nitro benzene ring substituents is 1. The summed E-state index contributed by atoms with van der Waals surface area (Å²) < 4.78 is 5.67. The van der Waals surface area contributed by atoms with E-state index in [4.69, 9.17) is 16.3 Å². The van der Waals surface area contributed by atoms with E-state index in [0.29, 0.717) is 27.4 Å². The molecule has 0 spiro atoms. The number of nitrogens with zero attached hydrogens (tertiary/aromatic N) is 1. The molecular weight excluding hydrogens is 346 g/mol. The Kier molecular flexibility index (Phi) is 4.62. The smallest absolute Gasteiger partial charge is 0.273 e. The predicted octanol–water partition coefficient (Wildman–Crippen LogP) is 5.24. The first-order valence-electron chi connectivity index (χ1n) is 5.78. The standard InChI is InChI=1S/C14H11BrClNO3/c1-9-2-5-14(12(16)6-9)20-11-3-4-13(17(18)19)10(7-11)8-15/h2-7H,8H2,1H3. The molecule has 2 aromatic carbocycles. The molecule has 0 radical (unpaired) electrons. The Morgan fingerprint density at radius 2 is 2.05 bits per heavy atom. The molecule has 0 aliphatic heterocycles. The van der Waals surface area contributed by atoms with E-state index < -0.39 is 4.92 Å². The molecule has 6 heteroatoms. The van der Waals surface area contributed by atoms with Gasteiger partial charge in [0.05, 0.1) is 9.95 Å². The normalized spacial score (nSPS) is 10.3. The third-order valence-electron chi connectivity index (χ3n) is 2.71. The summed E-state index contributed by atoms with van der Waals surface area (Å²) in [5.41, 5.74) is 1.65. The summed E-state index contributed by atoms with van der Waals surface area (Å²) in [5.74, 6) is 1.03. The molecule has 104 valence electrons. The van der Waals surface area contributed by atoms with E-state index >= 15 is 0 Å². The van der Waals surface area contributed by atoms with E-state index in [1.54, 1.807) is 24.3 Å². The molecule has 0 aliphatic rings. The molecule has 20 heavy (non-hydrogen) atoms. The number of alkyl halides is 1. The molecule has 0 fully saturated rings. The Labute approximate surface area is 129 Å². The van der Waals surface area contributed by atoms with E-state index in [1.807, 2.05) is 13.0 Å². The molecule has 0 saturated carbocycles. The lowest BCUT2D eigenvalue weighted by Crippen LogP contribution is -1.94. The highest BCUT2D eigenvalue weighted by molar-refractivity contribution is 9.08. The van der Waals surface area contributed by atoms with Crippen molar-refractivity contribution in [3.8, 4) is 11.5 Å². The van der Waals surface area contributed by atoms with Crippen molar-refractivity contribution in [1.29, 1.82) is 0 Å². The number of hydrogen-bond acceptors (Lipinski definition) is 3. The number of rotatable bonds is 4. The minimum absolute atomic E-state index is 0.0595. The maximum absolute atomic E-state index is 10.9. The van der Waals surface area contributed by atoms with Crippen molar-refractivity contribution in [2.24, 2.45) is 0 Å². The summed E-state index contributed by atoms with van der Waals surface area (Å²) in [6.45, 7) is 1.93. The van der Waals surface area contributed by atoms with Crippen LogP contribution >= 0.6 is 27.5 Å². The average molecular weight is 357 g/mol. The second-order valence-corrected chi connectivity index (χ2v) is 5.19. The van der Waals surface area contributed by atoms with Gasteiger partial charge < -0.3 is 4.74 Å². The topological polar surface area (TPSA) is 52.4 Å². The van der Waals surface area contributed by atoms with Crippen LogP contribution in [0.15, 0.2) is 36.4 Å². The monoisotopic (exact) mass is 355 g/mol. The Hall–Kier alpha value is -1.59. The van der Waals surface area contributed by atoms with Crippen molar-refractivity contribution >= 4 is 33.2 Å². The van der Waals surface area contributed by atoms with Gasteiger partial charge in [0.2, 0.25) is 0 Å². The van der Waals surface area contributed by atoms with Crippen LogP contribution in [0.2, 0.25) is 5.02 Å². The Balaban J connectivity index is 2.32. The van der Waals surface area contributed by atoms with E-state index in [1.165, 1.54) is 6.07 Å². The number of aryl methyl sites for hydroxylation is 1. The van der Waals surface area contributed by atoms with Crippen molar-refractivity contribution < 1.29 is 9.66 Å². The van der Waals surface area contributed by atoms with Gasteiger partial charge in [-0.1, -0.05) is 33.6 Å². The summed E-state index contributed by atoms with van der Waals surface area (Å²) in [5, 5.41) is 11.7. The SMILES string of the molecule is Cc1ccc(Oc2ccc([N+](=O)[O-])c(CBr)c2)c(Cl)c1. The molecule has 0 bridgehead atoms. The first kappa shape index (κ1) is 14.8. The lowest BCUT2D eigenvalue weighted by atomic mass is 10.2. The van der Waals surface area contributed by atoms with Crippen LogP contribution in [0.4, 0.5) is 5.69 Å². The van der Waals surface area contributed by atoms with Crippen LogP contribution in [0.1, 0.15) is 11.1 Å². The Morgan fingerprint density at radius 3 is 2.65 bits per heavy atom. The van der Waals surface area contributed by atoms with Gasteiger partial charge in [-0.15, -0.1) is 0 Å². The Morgan fingerprint density at radius 1 is 1.30 bits per heavy atom. The van der Waals surface area contributed by atoms with Gasteiger partial charge in [0.15, 0.2) is 0 Å². The van der Waals surface area contributed by atoms with Crippen molar-refractivity contribution in [3.05, 3.63) is 62.7 Å². The van der Waals surface area contributed by atoms with Gasteiger partial charge in [0, 0.05) is 17.0 Å². The molecule has 2 aromatic rings. The molecule has 4 nitrogen and oxygen atoms in total. The minimum atomic E-state index is -0.417.